The van der Waals surface area contributed by atoms with Crippen LogP contribution in [0.15, 0.2) is 30.3 Å². The Labute approximate surface area is 340 Å². The average molecular weight is 802 g/mol. The molecule has 9 atom stereocenters. The molecule has 0 aliphatic carbocycles. The van der Waals surface area contributed by atoms with E-state index in [2.05, 4.69) is 10.6 Å². The molecular weight excluding hydrogens is 730 g/mol. The summed E-state index contributed by atoms with van der Waals surface area (Å²) >= 11 is 0. The summed E-state index contributed by atoms with van der Waals surface area (Å²) in [5.74, 6) is -4.43. The quantitative estimate of drug-likeness (QED) is 0.157. The van der Waals surface area contributed by atoms with Crippen LogP contribution in [0.25, 0.3) is 0 Å². The molecule has 0 saturated carbocycles. The minimum Gasteiger partial charge on any atom is -0.480 e. The molecule has 0 radical (unpaired) electrons. The molecule has 14 heteroatoms. The summed E-state index contributed by atoms with van der Waals surface area (Å²) in [6.45, 7) is 17.1. The number of amides is 5. The Morgan fingerprint density at radius 3 is 1.95 bits per heavy atom. The predicted molar refractivity (Wildman–Crippen MR) is 219 cm³/mol. The van der Waals surface area contributed by atoms with Crippen molar-refractivity contribution in [3.63, 3.8) is 0 Å². The molecule has 0 bridgehead atoms. The Morgan fingerprint density at radius 2 is 1.46 bits per heavy atom. The Hall–Kier alpha value is -4.04. The molecule has 3 N–H and O–H groups in total. The van der Waals surface area contributed by atoms with Gasteiger partial charge in [-0.05, 0) is 36.2 Å². The van der Waals surface area contributed by atoms with Crippen molar-refractivity contribution in [1.82, 2.24) is 25.3 Å². The number of carboxylic acid groups (broad SMARTS) is 1. The molecule has 1 aliphatic heterocycles. The second-order valence-electron chi connectivity index (χ2n) is 16.7. The zero-order chi connectivity index (χ0) is 43.3. The zero-order valence-corrected chi connectivity index (χ0v) is 36.6. The van der Waals surface area contributed by atoms with Crippen LogP contribution in [0.3, 0.4) is 0 Å². The number of methoxy groups -OCH3 is 2. The minimum absolute atomic E-state index is 0.0506. The summed E-state index contributed by atoms with van der Waals surface area (Å²) in [4.78, 5) is 85.7. The first-order valence-electron chi connectivity index (χ1n) is 20.5. The van der Waals surface area contributed by atoms with E-state index in [9.17, 15) is 33.9 Å². The maximum atomic E-state index is 14.4. The van der Waals surface area contributed by atoms with Crippen molar-refractivity contribution in [2.45, 2.75) is 137 Å². The number of likely N-dealkylation sites (tertiary alicyclic amines) is 1. The maximum absolute atomic E-state index is 14.4. The highest BCUT2D eigenvalue weighted by Gasteiger charge is 2.43. The van der Waals surface area contributed by atoms with Gasteiger partial charge in [0.05, 0.1) is 36.6 Å². The summed E-state index contributed by atoms with van der Waals surface area (Å²) in [6, 6.07) is 5.25. The van der Waals surface area contributed by atoms with Gasteiger partial charge in [0.2, 0.25) is 29.5 Å². The lowest BCUT2D eigenvalue weighted by molar-refractivity contribution is -0.149. The van der Waals surface area contributed by atoms with E-state index in [1.165, 1.54) is 19.1 Å². The van der Waals surface area contributed by atoms with Crippen LogP contribution < -0.4 is 10.6 Å². The second-order valence-corrected chi connectivity index (χ2v) is 16.7. The summed E-state index contributed by atoms with van der Waals surface area (Å²) in [7, 11) is 6.29. The Bertz CT molecular complexity index is 1490. The molecule has 0 aromatic heterocycles. The summed E-state index contributed by atoms with van der Waals surface area (Å²) in [6.07, 6.45) is 0.603. The van der Waals surface area contributed by atoms with E-state index < -0.39 is 66.1 Å². The van der Waals surface area contributed by atoms with Crippen molar-refractivity contribution in [3.8, 4) is 0 Å². The van der Waals surface area contributed by atoms with Crippen molar-refractivity contribution >= 4 is 35.5 Å². The molecule has 14 nitrogen and oxygen atoms in total. The third-order valence-corrected chi connectivity index (χ3v) is 11.5. The van der Waals surface area contributed by atoms with Crippen LogP contribution >= 0.6 is 0 Å². The second kappa shape index (κ2) is 22.8. The molecule has 1 unspecified atom stereocenters. The van der Waals surface area contributed by atoms with Crippen LogP contribution in [0, 0.1) is 29.6 Å². The van der Waals surface area contributed by atoms with E-state index in [-0.39, 0.29) is 54.2 Å². The summed E-state index contributed by atoms with van der Waals surface area (Å²) in [5, 5.41) is 15.5. The molecule has 1 heterocycles. The number of carbonyl (C=O) groups is 6. The van der Waals surface area contributed by atoms with E-state index in [0.717, 1.165) is 5.56 Å². The lowest BCUT2D eigenvalue weighted by Crippen LogP contribution is -2.60. The zero-order valence-electron chi connectivity index (χ0n) is 36.6. The number of hydrogen-bond donors (Lipinski definition) is 3. The molecule has 1 aliphatic rings. The molecule has 322 valence electrons. The Kier molecular flexibility index (Phi) is 19.6. The fourth-order valence-corrected chi connectivity index (χ4v) is 8.10. The van der Waals surface area contributed by atoms with Gasteiger partial charge < -0.3 is 39.9 Å². The van der Waals surface area contributed by atoms with Gasteiger partial charge >= 0.3 is 5.97 Å². The fraction of sp³-hybridized carbons (Fsp3) is 0.721. The summed E-state index contributed by atoms with van der Waals surface area (Å²) in [5.41, 5.74) is 0.774. The number of aliphatic carboxylic acids is 1. The van der Waals surface area contributed by atoms with Gasteiger partial charge in [0, 0.05) is 47.2 Å². The minimum atomic E-state index is -1.15. The first-order valence-corrected chi connectivity index (χ1v) is 20.5. The van der Waals surface area contributed by atoms with Gasteiger partial charge in [0.25, 0.3) is 0 Å². The lowest BCUT2D eigenvalue weighted by atomic mass is 9.89. The monoisotopic (exact) mass is 802 g/mol. The van der Waals surface area contributed by atoms with Crippen LogP contribution in [0.5, 0.6) is 0 Å². The van der Waals surface area contributed by atoms with Gasteiger partial charge in [-0.2, -0.15) is 0 Å². The van der Waals surface area contributed by atoms with Gasteiger partial charge in [-0.3, -0.25) is 24.0 Å². The third kappa shape index (κ3) is 13.0. The van der Waals surface area contributed by atoms with Gasteiger partial charge in [-0.1, -0.05) is 99.1 Å². The van der Waals surface area contributed by atoms with Gasteiger partial charge in [0.15, 0.2) is 0 Å². The molecule has 0 spiro atoms. The van der Waals surface area contributed by atoms with Crippen molar-refractivity contribution in [3.05, 3.63) is 35.9 Å². The highest BCUT2D eigenvalue weighted by atomic mass is 16.5. The number of carbonyl (C=O) groups excluding carboxylic acids is 5. The van der Waals surface area contributed by atoms with Crippen molar-refractivity contribution in [2.24, 2.45) is 29.6 Å². The van der Waals surface area contributed by atoms with Gasteiger partial charge in [-0.15, -0.1) is 0 Å². The normalized spacial score (nSPS) is 18.6. The fourth-order valence-electron chi connectivity index (χ4n) is 8.10. The van der Waals surface area contributed by atoms with Crippen LogP contribution in [0.2, 0.25) is 0 Å². The molecule has 1 aromatic rings. The van der Waals surface area contributed by atoms with Crippen molar-refractivity contribution < 1.29 is 43.3 Å². The van der Waals surface area contributed by atoms with Gasteiger partial charge in [0.1, 0.15) is 18.1 Å². The first kappa shape index (κ1) is 49.1. The van der Waals surface area contributed by atoms with E-state index in [1.54, 1.807) is 56.8 Å². The smallest absolute Gasteiger partial charge is 0.326 e. The number of benzene rings is 1. The SMILES string of the molecule is CC[C@H](C)[C@@H]([C@@H](CC(=O)N1CCC[C@H]1[C@H](OC)[C@@H](C)C(=O)N[C@@H](Cc1ccccc1)C(=O)O)OC)N(C)C(=O)[C@@H](NC(=O)C(C(C)C)N(C)C(=O)C(C)C)C(C)C. The number of nitrogens with zero attached hydrogens (tertiary/aromatic N) is 3. The van der Waals surface area contributed by atoms with Crippen molar-refractivity contribution in [2.75, 3.05) is 34.9 Å². The van der Waals surface area contributed by atoms with E-state index in [0.29, 0.717) is 25.8 Å². The largest absolute Gasteiger partial charge is 0.480 e. The number of hydrogen-bond acceptors (Lipinski definition) is 8. The topological polar surface area (TPSA) is 175 Å². The van der Waals surface area contributed by atoms with Crippen LogP contribution in [-0.4, -0.2) is 133 Å². The molecule has 1 saturated heterocycles. The number of ether oxygens (including phenoxy) is 2. The van der Waals surface area contributed by atoms with E-state index in [1.807, 2.05) is 59.7 Å². The molecule has 2 rings (SSSR count). The molecule has 1 fully saturated rings. The number of rotatable bonds is 22. The molecule has 1 aromatic carbocycles. The predicted octanol–water partition coefficient (Wildman–Crippen LogP) is 4.00. The first-order chi connectivity index (χ1) is 26.7. The van der Waals surface area contributed by atoms with Gasteiger partial charge in [-0.25, -0.2) is 4.79 Å². The standard InChI is InChI=1S/C43H71N5O9/c1-14-28(8)37(47(11)42(53)35(25(2)3)45-40(51)36(26(4)5)46(10)41(52)27(6)7)33(56-12)24-34(49)48-22-18-21-32(48)38(57-13)29(9)39(50)44-31(43(54)55)23-30-19-16-15-17-20-30/h15-17,19-20,25-29,31-33,35-38H,14,18,21-24H2,1-13H3,(H,44,50)(H,45,51)(H,54,55)/t28-,29+,31-,32-,33+,35-,36?,37-,38+/m0/s1. The number of carboxylic acids is 1. The van der Waals surface area contributed by atoms with Crippen LogP contribution in [0.1, 0.15) is 93.6 Å². The number of likely N-dealkylation sites (N-methyl/N-ethyl adjacent to an activating group) is 2. The Balaban J connectivity index is 2.30. The van der Waals surface area contributed by atoms with Crippen LogP contribution in [0.4, 0.5) is 0 Å². The molecule has 5 amide bonds. The van der Waals surface area contributed by atoms with Crippen molar-refractivity contribution in [1.29, 1.82) is 0 Å². The summed E-state index contributed by atoms with van der Waals surface area (Å²) < 4.78 is 11.9. The average Bonchev–Trinajstić information content (AvgIpc) is 3.65. The van der Waals surface area contributed by atoms with E-state index >= 15 is 0 Å². The number of nitrogens with one attached hydrogen (secondary N) is 2. The van der Waals surface area contributed by atoms with E-state index in [4.69, 9.17) is 9.47 Å². The van der Waals surface area contributed by atoms with Crippen LogP contribution in [-0.2, 0) is 44.7 Å². The maximum Gasteiger partial charge on any atom is 0.326 e. The Morgan fingerprint density at radius 1 is 0.842 bits per heavy atom. The highest BCUT2D eigenvalue weighted by molar-refractivity contribution is 5.93. The lowest BCUT2D eigenvalue weighted by Gasteiger charge is -2.41. The third-order valence-electron chi connectivity index (χ3n) is 11.5. The molecular formula is C43H71N5O9. The highest BCUT2D eigenvalue weighted by Crippen LogP contribution is 2.30. The molecule has 57 heavy (non-hydrogen) atoms.